The zero-order valence-corrected chi connectivity index (χ0v) is 40.5. The average molecular weight is 995 g/mol. The van der Waals surface area contributed by atoms with E-state index in [0.29, 0.717) is 104 Å². The van der Waals surface area contributed by atoms with Crippen LogP contribution >= 0.6 is 0 Å². The van der Waals surface area contributed by atoms with Crippen molar-refractivity contribution in [1.82, 2.24) is 20.9 Å². The minimum atomic E-state index is -1.11. The minimum Gasteiger partial charge on any atom is -0.493 e. The highest BCUT2D eigenvalue weighted by Gasteiger charge is 2.46. The fraction of sp³-hybridized carbons (Fsp3) is 0.520. The number of fused-ring (bicyclic) bond motifs is 1. The third-order valence-corrected chi connectivity index (χ3v) is 10.8. The number of nitrogens with one attached hydrogen (secondary N) is 3. The van der Waals surface area contributed by atoms with Gasteiger partial charge >= 0.3 is 0 Å². The molecule has 0 aromatic heterocycles. The predicted molar refractivity (Wildman–Crippen MR) is 254 cm³/mol. The Kier molecular flexibility index (Phi) is 25.0. The highest BCUT2D eigenvalue weighted by Crippen LogP contribution is 2.34. The number of methoxy groups -OCH3 is 2. The smallest absolute Gasteiger partial charge is 0.266 e. The van der Waals surface area contributed by atoms with Gasteiger partial charge in [0.05, 0.1) is 118 Å². The van der Waals surface area contributed by atoms with E-state index in [4.69, 9.17) is 52.1 Å². The van der Waals surface area contributed by atoms with E-state index in [-0.39, 0.29) is 55.4 Å². The Balaban J connectivity index is 0.734. The molecule has 0 spiro atoms. The number of rotatable bonds is 37. The summed E-state index contributed by atoms with van der Waals surface area (Å²) in [6, 6.07) is 17.1. The summed E-state index contributed by atoms with van der Waals surface area (Å²) in [5.41, 5.74) is 2.33. The lowest BCUT2D eigenvalue weighted by Gasteiger charge is -2.27. The van der Waals surface area contributed by atoms with E-state index in [1.165, 1.54) is 23.8 Å². The van der Waals surface area contributed by atoms with E-state index < -0.39 is 42.2 Å². The number of amides is 6. The molecule has 1 fully saturated rings. The first-order valence-corrected chi connectivity index (χ1v) is 23.7. The predicted octanol–water partition coefficient (Wildman–Crippen LogP) is 2.09. The molecule has 3 N–H and O–H groups in total. The van der Waals surface area contributed by atoms with Gasteiger partial charge in [0.15, 0.2) is 24.7 Å². The van der Waals surface area contributed by atoms with Gasteiger partial charge < -0.3 is 62.7 Å². The molecular weight excluding hydrogens is 929 g/mol. The number of ether oxygens (including phenoxy) is 11. The van der Waals surface area contributed by atoms with Crippen LogP contribution in [-0.4, -0.2) is 179 Å². The zero-order chi connectivity index (χ0) is 50.5. The summed E-state index contributed by atoms with van der Waals surface area (Å²) >= 11 is 0. The van der Waals surface area contributed by atoms with Crippen molar-refractivity contribution in [3.63, 3.8) is 0 Å². The van der Waals surface area contributed by atoms with Crippen molar-refractivity contribution < 1.29 is 80.9 Å². The number of nitrogens with zero attached hydrogens (tertiary/aromatic N) is 1. The molecule has 388 valence electrons. The van der Waals surface area contributed by atoms with Crippen molar-refractivity contribution >= 4 is 35.4 Å². The molecule has 71 heavy (non-hydrogen) atoms. The normalized spacial score (nSPS) is 14.3. The maximum atomic E-state index is 13.2. The lowest BCUT2D eigenvalue weighted by molar-refractivity contribution is -0.136. The van der Waals surface area contributed by atoms with Crippen molar-refractivity contribution in [1.29, 1.82) is 0 Å². The van der Waals surface area contributed by atoms with E-state index in [0.717, 1.165) is 35.5 Å². The first-order chi connectivity index (χ1) is 34.7. The second kappa shape index (κ2) is 31.9. The van der Waals surface area contributed by atoms with Gasteiger partial charge in [-0.25, -0.2) is 0 Å². The summed E-state index contributed by atoms with van der Waals surface area (Å²) < 4.78 is 60.5. The number of imide groups is 2. The van der Waals surface area contributed by atoms with E-state index >= 15 is 0 Å². The van der Waals surface area contributed by atoms with E-state index in [9.17, 15) is 28.8 Å². The van der Waals surface area contributed by atoms with Gasteiger partial charge in [-0.2, -0.15) is 0 Å². The fourth-order valence-corrected chi connectivity index (χ4v) is 7.27. The summed E-state index contributed by atoms with van der Waals surface area (Å²) in [4.78, 5) is 75.4. The summed E-state index contributed by atoms with van der Waals surface area (Å²) in [6.45, 7) is 5.38. The quantitative estimate of drug-likeness (QED) is 0.0553. The third kappa shape index (κ3) is 19.5. The summed E-state index contributed by atoms with van der Waals surface area (Å²) in [7, 11) is 3.25. The molecule has 2 aliphatic heterocycles. The Labute approximate surface area is 413 Å². The second-order valence-electron chi connectivity index (χ2n) is 15.9. The van der Waals surface area contributed by atoms with Crippen LogP contribution in [0.15, 0.2) is 60.7 Å². The highest BCUT2D eigenvalue weighted by molar-refractivity contribution is 6.24. The Morgan fingerprint density at radius 2 is 1.10 bits per heavy atom. The van der Waals surface area contributed by atoms with Gasteiger partial charge in [0.25, 0.3) is 23.6 Å². The molecule has 21 heteroatoms. The molecule has 1 unspecified atom stereocenters. The molecule has 0 saturated carbocycles. The van der Waals surface area contributed by atoms with Gasteiger partial charge in [0.1, 0.15) is 17.5 Å². The van der Waals surface area contributed by atoms with Gasteiger partial charge in [-0.1, -0.05) is 24.3 Å². The molecule has 5 rings (SSSR count). The number of benzene rings is 3. The van der Waals surface area contributed by atoms with Crippen LogP contribution in [0, 0.1) is 0 Å². The second-order valence-corrected chi connectivity index (χ2v) is 15.9. The lowest BCUT2D eigenvalue weighted by atomic mass is 10.0. The number of carbonyl (C=O) groups excluding carboxylic acids is 6. The lowest BCUT2D eigenvalue weighted by Crippen LogP contribution is -2.54. The van der Waals surface area contributed by atoms with Gasteiger partial charge in [-0.15, -0.1) is 0 Å². The monoisotopic (exact) mass is 994 g/mol. The Bertz CT molecular complexity index is 2170. The molecule has 0 bridgehead atoms. The number of carbonyl (C=O) groups is 6. The molecule has 0 radical (unpaired) electrons. The summed E-state index contributed by atoms with van der Waals surface area (Å²) in [5.74, 6) is -1.14. The molecule has 0 aliphatic carbocycles. The summed E-state index contributed by atoms with van der Waals surface area (Å²) in [6.07, 6.45) is 2.75. The van der Waals surface area contributed by atoms with Crippen LogP contribution in [0.5, 0.6) is 23.0 Å². The van der Waals surface area contributed by atoms with Crippen molar-refractivity contribution in [3.05, 3.63) is 82.9 Å². The SMILES string of the molecule is COc1ccc(CCCc2cccc(OCC(=O)NCCOCCOCCOCCOCCOCCOCCOCCNC(=O)COc3cccc4c3C(=O)N(C3CCC(=O)NC3=O)C4=O)c2)cc1OC. The van der Waals surface area contributed by atoms with Gasteiger partial charge in [-0.05, 0) is 73.2 Å². The van der Waals surface area contributed by atoms with E-state index in [1.54, 1.807) is 14.2 Å². The van der Waals surface area contributed by atoms with Gasteiger partial charge in [0.2, 0.25) is 11.8 Å². The van der Waals surface area contributed by atoms with Gasteiger partial charge in [0, 0.05) is 19.5 Å². The maximum absolute atomic E-state index is 13.2. The first kappa shape index (κ1) is 55.7. The maximum Gasteiger partial charge on any atom is 0.266 e. The number of hydrogen-bond donors (Lipinski definition) is 3. The van der Waals surface area contributed by atoms with Crippen LogP contribution in [0.1, 0.15) is 51.1 Å². The van der Waals surface area contributed by atoms with Crippen LogP contribution in [0.3, 0.4) is 0 Å². The molecule has 2 aliphatic rings. The van der Waals surface area contributed by atoms with Crippen LogP contribution in [0.25, 0.3) is 0 Å². The first-order valence-electron chi connectivity index (χ1n) is 23.7. The van der Waals surface area contributed by atoms with Crippen LogP contribution < -0.4 is 34.9 Å². The molecule has 2 heterocycles. The van der Waals surface area contributed by atoms with Crippen LogP contribution in [-0.2, 0) is 65.2 Å². The van der Waals surface area contributed by atoms with Crippen LogP contribution in [0.2, 0.25) is 0 Å². The van der Waals surface area contributed by atoms with Crippen LogP contribution in [0.4, 0.5) is 0 Å². The van der Waals surface area contributed by atoms with Crippen molar-refractivity contribution in [2.75, 3.05) is 133 Å². The number of hydrogen-bond acceptors (Lipinski definition) is 17. The number of aryl methyl sites for hydroxylation is 2. The van der Waals surface area contributed by atoms with E-state index in [2.05, 4.69) is 22.0 Å². The highest BCUT2D eigenvalue weighted by atomic mass is 16.6. The number of piperidine rings is 1. The standard InChI is InChI=1S/C50H66N4O17/c1-61-41-14-12-37(33-43(41)62-2)7-3-6-36-8-4-9-38(32-36)70-34-45(56)51-16-18-63-20-22-65-24-26-67-28-30-69-31-29-68-27-25-66-23-21-64-19-17-52-46(57)35-71-42-11-5-10-39-47(42)50(60)54(49(39)59)40-13-15-44(55)53-48(40)58/h4-5,8-12,14,32-33,40H,3,6-7,13,15-31,34-35H2,1-2H3,(H,51,56)(H,52,57)(H,53,55,58). The zero-order valence-electron chi connectivity index (χ0n) is 40.5. The Morgan fingerprint density at radius 3 is 1.65 bits per heavy atom. The average Bonchev–Trinajstić information content (AvgIpc) is 3.63. The Hall–Kier alpha value is -6.20. The topological polar surface area (TPSA) is 243 Å². The third-order valence-electron chi connectivity index (χ3n) is 10.8. The molecule has 3 aromatic rings. The fourth-order valence-electron chi connectivity index (χ4n) is 7.27. The molecule has 1 atom stereocenters. The van der Waals surface area contributed by atoms with Crippen molar-refractivity contribution in [3.8, 4) is 23.0 Å². The summed E-state index contributed by atoms with van der Waals surface area (Å²) in [5, 5.41) is 7.59. The van der Waals surface area contributed by atoms with Crippen molar-refractivity contribution in [2.24, 2.45) is 0 Å². The van der Waals surface area contributed by atoms with Gasteiger partial charge in [-0.3, -0.25) is 39.0 Å². The molecular formula is C50H66N4O17. The molecule has 1 saturated heterocycles. The largest absolute Gasteiger partial charge is 0.493 e. The van der Waals surface area contributed by atoms with E-state index in [1.807, 2.05) is 36.4 Å². The minimum absolute atomic E-state index is 0.00495. The van der Waals surface area contributed by atoms with Crippen molar-refractivity contribution in [2.45, 2.75) is 38.1 Å². The molecule has 3 aromatic carbocycles. The Morgan fingerprint density at radius 1 is 0.577 bits per heavy atom. The molecule has 6 amide bonds. The molecule has 21 nitrogen and oxygen atoms in total.